The van der Waals surface area contributed by atoms with Gasteiger partial charge in [0.15, 0.2) is 0 Å². The van der Waals surface area contributed by atoms with Gasteiger partial charge in [0.25, 0.3) is 0 Å². The van der Waals surface area contributed by atoms with Gasteiger partial charge in [0.05, 0.1) is 17.3 Å². The molecule has 1 rings (SSSR count). The van der Waals surface area contributed by atoms with Crippen molar-refractivity contribution < 1.29 is 9.50 Å². The van der Waals surface area contributed by atoms with Gasteiger partial charge >= 0.3 is 0 Å². The monoisotopic (exact) mass is 175 g/mol. The number of nitrogens with zero attached hydrogens (tertiary/aromatic N) is 1. The van der Waals surface area contributed by atoms with Crippen molar-refractivity contribution in [1.82, 2.24) is 4.98 Å². The van der Waals surface area contributed by atoms with Crippen LogP contribution in [-0.4, -0.2) is 10.1 Å². The summed E-state index contributed by atoms with van der Waals surface area (Å²) in [5, 5.41) is 9.19. The van der Waals surface area contributed by atoms with Crippen molar-refractivity contribution in [1.29, 1.82) is 0 Å². The van der Waals surface area contributed by atoms with Crippen molar-refractivity contribution in [2.75, 3.05) is 0 Å². The molecule has 0 aliphatic rings. The zero-order valence-electron chi connectivity index (χ0n) is 5.88. The molecule has 0 spiro atoms. The second-order valence-corrected chi connectivity index (χ2v) is 2.60. The molecule has 60 valence electrons. The quantitative estimate of drug-likeness (QED) is 0.708. The molecule has 1 aromatic rings. The maximum Gasteiger partial charge on any atom is 0.148 e. The predicted molar refractivity (Wildman–Crippen MR) is 39.8 cm³/mol. The zero-order valence-corrected chi connectivity index (χ0v) is 6.64. The van der Waals surface area contributed by atoms with Crippen LogP contribution in [0.2, 0.25) is 5.02 Å². The van der Waals surface area contributed by atoms with Crippen LogP contribution in [0.3, 0.4) is 0 Å². The van der Waals surface area contributed by atoms with Gasteiger partial charge in [-0.1, -0.05) is 11.6 Å². The molecule has 0 amide bonds. The zero-order chi connectivity index (χ0) is 8.43. The summed E-state index contributed by atoms with van der Waals surface area (Å²) < 4.78 is 12.8. The molecule has 0 aliphatic heterocycles. The van der Waals surface area contributed by atoms with Crippen molar-refractivity contribution in [2.24, 2.45) is 0 Å². The molecule has 1 heterocycles. The van der Waals surface area contributed by atoms with Crippen LogP contribution in [0.25, 0.3) is 0 Å². The van der Waals surface area contributed by atoms with Crippen molar-refractivity contribution >= 4 is 11.6 Å². The summed E-state index contributed by atoms with van der Waals surface area (Å²) in [6.45, 7) is 1.45. The Hall–Kier alpha value is -0.670. The fourth-order valence-electron chi connectivity index (χ4n) is 0.820. The van der Waals surface area contributed by atoms with E-state index in [1.54, 1.807) is 0 Å². The first-order valence-electron chi connectivity index (χ1n) is 3.10. The van der Waals surface area contributed by atoms with Crippen LogP contribution in [-0.2, 0) is 0 Å². The smallest absolute Gasteiger partial charge is 0.148 e. The first-order chi connectivity index (χ1) is 5.13. The van der Waals surface area contributed by atoms with Gasteiger partial charge in [0.2, 0.25) is 0 Å². The summed E-state index contributed by atoms with van der Waals surface area (Å²) in [6.07, 6.45) is 1.42. The van der Waals surface area contributed by atoms with Crippen LogP contribution in [0, 0.1) is 5.82 Å². The third kappa shape index (κ3) is 1.67. The summed E-state index contributed by atoms with van der Waals surface area (Å²) >= 11 is 5.56. The third-order valence-electron chi connectivity index (χ3n) is 1.31. The van der Waals surface area contributed by atoms with E-state index in [0.717, 1.165) is 6.20 Å². The Labute approximate surface area is 68.6 Å². The molecular formula is C7H7ClFNO. The van der Waals surface area contributed by atoms with Gasteiger partial charge in [-0.25, -0.2) is 4.39 Å². The highest BCUT2D eigenvalue weighted by Gasteiger charge is 2.11. The van der Waals surface area contributed by atoms with E-state index >= 15 is 0 Å². The highest BCUT2D eigenvalue weighted by molar-refractivity contribution is 6.31. The molecule has 0 saturated carbocycles. The van der Waals surface area contributed by atoms with Gasteiger partial charge in [-0.15, -0.1) is 0 Å². The summed E-state index contributed by atoms with van der Waals surface area (Å²) in [6, 6.07) is 0. The number of aromatic nitrogens is 1. The summed E-state index contributed by atoms with van der Waals surface area (Å²) in [4.78, 5) is 3.51. The fraction of sp³-hybridized carbons (Fsp3) is 0.286. The molecule has 2 nitrogen and oxygen atoms in total. The number of pyridine rings is 1. The molecule has 11 heavy (non-hydrogen) atoms. The van der Waals surface area contributed by atoms with E-state index < -0.39 is 11.9 Å². The highest BCUT2D eigenvalue weighted by Crippen LogP contribution is 2.23. The summed E-state index contributed by atoms with van der Waals surface area (Å²) in [5.41, 5.74) is 0.0988. The van der Waals surface area contributed by atoms with Crippen molar-refractivity contribution in [3.8, 4) is 0 Å². The molecule has 1 atom stereocenters. The number of aliphatic hydroxyl groups excluding tert-OH is 1. The van der Waals surface area contributed by atoms with Gasteiger partial charge in [-0.05, 0) is 6.92 Å². The first-order valence-corrected chi connectivity index (χ1v) is 3.47. The molecule has 0 saturated heterocycles. The molecule has 1 aromatic heterocycles. The number of aliphatic hydroxyl groups is 1. The molecule has 0 aromatic carbocycles. The van der Waals surface area contributed by atoms with Gasteiger partial charge in [0, 0.05) is 11.8 Å². The van der Waals surface area contributed by atoms with E-state index in [4.69, 9.17) is 16.7 Å². The van der Waals surface area contributed by atoms with E-state index in [9.17, 15) is 4.39 Å². The predicted octanol–water partition coefficient (Wildman–Crippen LogP) is 1.93. The Morgan fingerprint density at radius 2 is 2.27 bits per heavy atom. The van der Waals surface area contributed by atoms with E-state index in [0.29, 0.717) is 0 Å². The van der Waals surface area contributed by atoms with E-state index in [1.165, 1.54) is 13.1 Å². The number of hydrogen-bond donors (Lipinski definition) is 1. The Kier molecular flexibility index (Phi) is 2.42. The normalized spacial score (nSPS) is 13.1. The van der Waals surface area contributed by atoms with E-state index in [-0.39, 0.29) is 10.6 Å². The lowest BCUT2D eigenvalue weighted by Gasteiger charge is -2.06. The lowest BCUT2D eigenvalue weighted by atomic mass is 10.2. The van der Waals surface area contributed by atoms with Crippen LogP contribution in [0.5, 0.6) is 0 Å². The van der Waals surface area contributed by atoms with E-state index in [2.05, 4.69) is 4.98 Å². The molecule has 0 aliphatic carbocycles. The van der Waals surface area contributed by atoms with Crippen LogP contribution in [0.15, 0.2) is 12.4 Å². The lowest BCUT2D eigenvalue weighted by molar-refractivity contribution is 0.194. The average molecular weight is 176 g/mol. The summed E-state index contributed by atoms with van der Waals surface area (Å²) in [7, 11) is 0. The van der Waals surface area contributed by atoms with Crippen molar-refractivity contribution in [3.05, 3.63) is 28.8 Å². The minimum Gasteiger partial charge on any atom is -0.389 e. The molecule has 0 fully saturated rings. The van der Waals surface area contributed by atoms with Crippen LogP contribution >= 0.6 is 11.6 Å². The van der Waals surface area contributed by atoms with Crippen LogP contribution in [0.1, 0.15) is 18.6 Å². The number of hydrogen-bond acceptors (Lipinski definition) is 2. The Bertz CT molecular complexity index is 244. The maximum atomic E-state index is 12.8. The Morgan fingerprint density at radius 1 is 1.64 bits per heavy atom. The molecule has 1 unspecified atom stereocenters. The van der Waals surface area contributed by atoms with E-state index in [1.807, 2.05) is 0 Å². The minimum absolute atomic E-state index is 0.0988. The molecule has 0 bridgehead atoms. The topological polar surface area (TPSA) is 33.1 Å². The number of halogens is 2. The standard InChI is InChI=1S/C7H7ClFNO/c1-4(11)7-5(8)2-10-3-6(7)9/h2-4,11H,1H3. The minimum atomic E-state index is -0.898. The third-order valence-corrected chi connectivity index (χ3v) is 1.61. The van der Waals surface area contributed by atoms with Crippen molar-refractivity contribution in [2.45, 2.75) is 13.0 Å². The number of rotatable bonds is 1. The molecule has 0 radical (unpaired) electrons. The van der Waals surface area contributed by atoms with Gasteiger partial charge in [-0.3, -0.25) is 4.98 Å². The summed E-state index contributed by atoms with van der Waals surface area (Å²) in [5.74, 6) is -0.576. The maximum absolute atomic E-state index is 12.8. The second-order valence-electron chi connectivity index (χ2n) is 2.19. The van der Waals surface area contributed by atoms with Crippen molar-refractivity contribution in [3.63, 3.8) is 0 Å². The Morgan fingerprint density at radius 3 is 2.64 bits per heavy atom. The largest absolute Gasteiger partial charge is 0.389 e. The first kappa shape index (κ1) is 8.43. The van der Waals surface area contributed by atoms with Gasteiger partial charge < -0.3 is 5.11 Å². The Balaban J connectivity index is 3.21. The lowest BCUT2D eigenvalue weighted by Crippen LogP contribution is -1.97. The van der Waals surface area contributed by atoms with Crippen LogP contribution < -0.4 is 0 Å². The molecule has 1 N–H and O–H groups in total. The average Bonchev–Trinajstić information content (AvgIpc) is 1.85. The van der Waals surface area contributed by atoms with Crippen LogP contribution in [0.4, 0.5) is 4.39 Å². The molecular weight excluding hydrogens is 169 g/mol. The highest BCUT2D eigenvalue weighted by atomic mass is 35.5. The van der Waals surface area contributed by atoms with Gasteiger partial charge in [0.1, 0.15) is 5.82 Å². The van der Waals surface area contributed by atoms with Gasteiger partial charge in [-0.2, -0.15) is 0 Å². The second kappa shape index (κ2) is 3.15. The SMILES string of the molecule is CC(O)c1c(F)cncc1Cl. The molecule has 4 heteroatoms. The fourth-order valence-corrected chi connectivity index (χ4v) is 1.12.